The maximum atomic E-state index is 9.46. The second-order valence-corrected chi connectivity index (χ2v) is 4.99. The molecular formula is C13H21NO3. The summed E-state index contributed by atoms with van der Waals surface area (Å²) in [4.78, 5) is 0. The van der Waals surface area contributed by atoms with Crippen LogP contribution in [-0.4, -0.2) is 23.4 Å². The van der Waals surface area contributed by atoms with Crippen molar-refractivity contribution in [2.45, 2.75) is 38.8 Å². The van der Waals surface area contributed by atoms with E-state index in [9.17, 15) is 5.11 Å². The van der Waals surface area contributed by atoms with Gasteiger partial charge < -0.3 is 19.9 Å². The summed E-state index contributed by atoms with van der Waals surface area (Å²) >= 11 is 0. The van der Waals surface area contributed by atoms with E-state index in [1.54, 1.807) is 6.07 Å². The molecule has 0 bridgehead atoms. The normalized spacial score (nSPS) is 18.7. The molecule has 0 saturated heterocycles. The zero-order valence-corrected chi connectivity index (χ0v) is 10.1. The molecule has 0 atom stereocenters. The van der Waals surface area contributed by atoms with Crippen LogP contribution in [0.15, 0.2) is 16.5 Å². The Bertz CT molecular complexity index is 342. The Labute approximate surface area is 102 Å². The predicted molar refractivity (Wildman–Crippen MR) is 64.3 cm³/mol. The van der Waals surface area contributed by atoms with E-state index in [0.29, 0.717) is 12.3 Å². The van der Waals surface area contributed by atoms with Crippen molar-refractivity contribution in [1.29, 1.82) is 0 Å². The zero-order chi connectivity index (χ0) is 12.1. The zero-order valence-electron chi connectivity index (χ0n) is 10.1. The van der Waals surface area contributed by atoms with Gasteiger partial charge in [0.1, 0.15) is 18.1 Å². The summed E-state index contributed by atoms with van der Waals surface area (Å²) in [5, 5.41) is 21.7. The van der Waals surface area contributed by atoms with E-state index in [2.05, 4.69) is 5.32 Å². The average Bonchev–Trinajstić information content (AvgIpc) is 2.98. The van der Waals surface area contributed by atoms with Crippen LogP contribution < -0.4 is 5.32 Å². The van der Waals surface area contributed by atoms with E-state index in [4.69, 9.17) is 9.52 Å². The Hall–Kier alpha value is -0.840. The maximum Gasteiger partial charge on any atom is 0.129 e. The third-order valence-corrected chi connectivity index (χ3v) is 3.67. The summed E-state index contributed by atoms with van der Waals surface area (Å²) < 4.78 is 5.39. The van der Waals surface area contributed by atoms with Crippen LogP contribution in [-0.2, 0) is 13.2 Å². The van der Waals surface area contributed by atoms with E-state index in [0.717, 1.165) is 25.1 Å². The summed E-state index contributed by atoms with van der Waals surface area (Å²) in [5.74, 6) is 1.43. The van der Waals surface area contributed by atoms with Crippen molar-refractivity contribution in [3.8, 4) is 0 Å². The summed E-state index contributed by atoms with van der Waals surface area (Å²) in [6.45, 7) is 1.70. The van der Waals surface area contributed by atoms with Crippen LogP contribution in [0.3, 0.4) is 0 Å². The lowest BCUT2D eigenvalue weighted by Crippen LogP contribution is -2.34. The van der Waals surface area contributed by atoms with E-state index >= 15 is 0 Å². The van der Waals surface area contributed by atoms with Crippen LogP contribution in [0.4, 0.5) is 0 Å². The van der Waals surface area contributed by atoms with Gasteiger partial charge in [0.15, 0.2) is 0 Å². The number of aliphatic hydroxyl groups excluding tert-OH is 2. The molecule has 1 fully saturated rings. The molecule has 0 radical (unpaired) electrons. The minimum Gasteiger partial charge on any atom is -0.462 e. The van der Waals surface area contributed by atoms with Gasteiger partial charge in [-0.2, -0.15) is 0 Å². The SMILES string of the molecule is OCc1ccc(CNCC2(CO)CCCC2)o1. The van der Waals surface area contributed by atoms with Gasteiger partial charge in [0, 0.05) is 18.6 Å². The Morgan fingerprint density at radius 1 is 1.18 bits per heavy atom. The molecule has 4 heteroatoms. The fourth-order valence-corrected chi connectivity index (χ4v) is 2.57. The highest BCUT2D eigenvalue weighted by atomic mass is 16.4. The number of hydrogen-bond donors (Lipinski definition) is 3. The quantitative estimate of drug-likeness (QED) is 0.702. The topological polar surface area (TPSA) is 65.6 Å². The van der Waals surface area contributed by atoms with Gasteiger partial charge in [-0.3, -0.25) is 0 Å². The van der Waals surface area contributed by atoms with E-state index in [1.165, 1.54) is 12.8 Å². The van der Waals surface area contributed by atoms with Crippen molar-refractivity contribution in [1.82, 2.24) is 5.32 Å². The molecule has 1 heterocycles. The lowest BCUT2D eigenvalue weighted by atomic mass is 9.87. The highest BCUT2D eigenvalue weighted by molar-refractivity contribution is 5.06. The Morgan fingerprint density at radius 3 is 2.47 bits per heavy atom. The van der Waals surface area contributed by atoms with Crippen LogP contribution in [0, 0.1) is 5.41 Å². The van der Waals surface area contributed by atoms with Crippen molar-refractivity contribution in [3.05, 3.63) is 23.7 Å². The predicted octanol–water partition coefficient (Wildman–Crippen LogP) is 1.41. The van der Waals surface area contributed by atoms with Crippen LogP contribution in [0.5, 0.6) is 0 Å². The van der Waals surface area contributed by atoms with Gasteiger partial charge in [-0.25, -0.2) is 0 Å². The molecule has 96 valence electrons. The first kappa shape index (κ1) is 12.6. The second kappa shape index (κ2) is 5.67. The van der Waals surface area contributed by atoms with Gasteiger partial charge in [-0.1, -0.05) is 12.8 Å². The van der Waals surface area contributed by atoms with Crippen molar-refractivity contribution in [3.63, 3.8) is 0 Å². The molecule has 4 nitrogen and oxygen atoms in total. The second-order valence-electron chi connectivity index (χ2n) is 4.99. The number of nitrogens with one attached hydrogen (secondary N) is 1. The smallest absolute Gasteiger partial charge is 0.129 e. The van der Waals surface area contributed by atoms with E-state index in [-0.39, 0.29) is 18.6 Å². The fraction of sp³-hybridized carbons (Fsp3) is 0.692. The van der Waals surface area contributed by atoms with Crippen molar-refractivity contribution in [2.75, 3.05) is 13.2 Å². The molecular weight excluding hydrogens is 218 g/mol. The number of rotatable bonds is 6. The molecule has 2 rings (SSSR count). The van der Waals surface area contributed by atoms with Crippen molar-refractivity contribution < 1.29 is 14.6 Å². The van der Waals surface area contributed by atoms with Crippen LogP contribution >= 0.6 is 0 Å². The molecule has 1 aromatic heterocycles. The number of aliphatic hydroxyl groups is 2. The van der Waals surface area contributed by atoms with E-state index < -0.39 is 0 Å². The van der Waals surface area contributed by atoms with Gasteiger partial charge in [-0.05, 0) is 25.0 Å². The summed E-state index contributed by atoms with van der Waals surface area (Å²) in [7, 11) is 0. The molecule has 0 aliphatic heterocycles. The Morgan fingerprint density at radius 2 is 1.88 bits per heavy atom. The molecule has 0 amide bonds. The summed E-state index contributed by atoms with van der Waals surface area (Å²) in [6.07, 6.45) is 4.66. The van der Waals surface area contributed by atoms with Crippen LogP contribution in [0.2, 0.25) is 0 Å². The molecule has 1 aliphatic carbocycles. The standard InChI is InChI=1S/C13H21NO3/c15-8-12-4-3-11(17-12)7-14-9-13(10-16)5-1-2-6-13/h3-4,14-16H,1-2,5-10H2. The molecule has 0 unspecified atom stereocenters. The van der Waals surface area contributed by atoms with Gasteiger partial charge in [0.2, 0.25) is 0 Å². The first-order valence-electron chi connectivity index (χ1n) is 6.28. The summed E-state index contributed by atoms with van der Waals surface area (Å²) in [5.41, 5.74) is 0.0758. The molecule has 3 N–H and O–H groups in total. The van der Waals surface area contributed by atoms with Gasteiger partial charge in [-0.15, -0.1) is 0 Å². The molecule has 1 aliphatic rings. The lowest BCUT2D eigenvalue weighted by molar-refractivity contribution is 0.127. The highest BCUT2D eigenvalue weighted by Crippen LogP contribution is 2.36. The van der Waals surface area contributed by atoms with E-state index in [1.807, 2.05) is 6.07 Å². The molecule has 1 aromatic rings. The van der Waals surface area contributed by atoms with Crippen molar-refractivity contribution >= 4 is 0 Å². The Balaban J connectivity index is 1.78. The lowest BCUT2D eigenvalue weighted by Gasteiger charge is -2.26. The van der Waals surface area contributed by atoms with Crippen molar-refractivity contribution in [2.24, 2.45) is 5.41 Å². The largest absolute Gasteiger partial charge is 0.462 e. The van der Waals surface area contributed by atoms with Crippen LogP contribution in [0.1, 0.15) is 37.2 Å². The highest BCUT2D eigenvalue weighted by Gasteiger charge is 2.32. The molecule has 1 saturated carbocycles. The van der Waals surface area contributed by atoms with Crippen LogP contribution in [0.25, 0.3) is 0 Å². The van der Waals surface area contributed by atoms with Gasteiger partial charge in [0.05, 0.1) is 6.54 Å². The molecule has 0 aromatic carbocycles. The molecule has 0 spiro atoms. The summed E-state index contributed by atoms with van der Waals surface area (Å²) in [6, 6.07) is 3.66. The molecule has 17 heavy (non-hydrogen) atoms. The maximum absolute atomic E-state index is 9.46. The monoisotopic (exact) mass is 239 g/mol. The number of hydrogen-bond acceptors (Lipinski definition) is 4. The first-order chi connectivity index (χ1) is 8.28. The average molecular weight is 239 g/mol. The third kappa shape index (κ3) is 3.09. The third-order valence-electron chi connectivity index (χ3n) is 3.67. The fourth-order valence-electron chi connectivity index (χ4n) is 2.57. The van der Waals surface area contributed by atoms with Gasteiger partial charge >= 0.3 is 0 Å². The minimum absolute atomic E-state index is 0.0550. The first-order valence-corrected chi connectivity index (χ1v) is 6.28. The number of furan rings is 1. The van der Waals surface area contributed by atoms with Gasteiger partial charge in [0.25, 0.3) is 0 Å². The minimum atomic E-state index is -0.0550. The Kier molecular flexibility index (Phi) is 4.20.